The Balaban J connectivity index is 0.00000300. The lowest BCUT2D eigenvalue weighted by atomic mass is 10.1. The molecular formula is C22H27ClIN5. The smallest absolute Gasteiger partial charge is 0.191 e. The molecule has 0 saturated carbocycles. The van der Waals surface area contributed by atoms with E-state index in [0.29, 0.717) is 6.54 Å². The summed E-state index contributed by atoms with van der Waals surface area (Å²) in [6.07, 6.45) is 4.71. The summed E-state index contributed by atoms with van der Waals surface area (Å²) in [5.74, 6) is 1.73. The lowest BCUT2D eigenvalue weighted by molar-refractivity contribution is 0.716. The molecule has 0 fully saturated rings. The second kappa shape index (κ2) is 12.5. The van der Waals surface area contributed by atoms with E-state index in [0.717, 1.165) is 42.9 Å². The van der Waals surface area contributed by atoms with Crippen LogP contribution in [0.4, 0.5) is 0 Å². The third-order valence-electron chi connectivity index (χ3n) is 4.32. The van der Waals surface area contributed by atoms with E-state index < -0.39 is 0 Å². The fraction of sp³-hybridized carbons (Fsp3) is 0.273. The monoisotopic (exact) mass is 523 g/mol. The zero-order valence-corrected chi connectivity index (χ0v) is 19.6. The molecule has 0 bridgehead atoms. The summed E-state index contributed by atoms with van der Waals surface area (Å²) in [5, 5.41) is 7.43. The van der Waals surface area contributed by atoms with Crippen LogP contribution in [-0.4, -0.2) is 28.6 Å². The lowest BCUT2D eigenvalue weighted by Crippen LogP contribution is -2.38. The number of nitrogens with zero attached hydrogens (tertiary/aromatic N) is 3. The fourth-order valence-corrected chi connectivity index (χ4v) is 3.14. The molecule has 0 saturated heterocycles. The molecule has 0 aliphatic heterocycles. The summed E-state index contributed by atoms with van der Waals surface area (Å²) in [7, 11) is 0. The van der Waals surface area contributed by atoms with Crippen molar-refractivity contribution in [1.82, 2.24) is 20.2 Å². The molecule has 3 rings (SSSR count). The predicted molar refractivity (Wildman–Crippen MR) is 131 cm³/mol. The van der Waals surface area contributed by atoms with Crippen LogP contribution in [0.15, 0.2) is 72.0 Å². The number of halogens is 2. The first-order valence-corrected chi connectivity index (χ1v) is 9.93. The highest BCUT2D eigenvalue weighted by Gasteiger charge is 2.04. The molecule has 0 unspecified atom stereocenters. The van der Waals surface area contributed by atoms with E-state index in [4.69, 9.17) is 16.6 Å². The summed E-state index contributed by atoms with van der Waals surface area (Å²) in [5.41, 5.74) is 2.45. The van der Waals surface area contributed by atoms with Crippen molar-refractivity contribution >= 4 is 41.5 Å². The minimum Gasteiger partial charge on any atom is -0.357 e. The highest BCUT2D eigenvalue weighted by molar-refractivity contribution is 14.0. The number of hydrogen-bond donors (Lipinski definition) is 2. The fourth-order valence-electron chi connectivity index (χ4n) is 2.92. The molecule has 0 radical (unpaired) electrons. The first-order valence-electron chi connectivity index (χ1n) is 9.55. The predicted octanol–water partition coefficient (Wildman–Crippen LogP) is 4.50. The van der Waals surface area contributed by atoms with Gasteiger partial charge in [-0.1, -0.05) is 54.1 Å². The van der Waals surface area contributed by atoms with Gasteiger partial charge in [-0.05, 0) is 36.6 Å². The van der Waals surface area contributed by atoms with Gasteiger partial charge in [0.05, 0.1) is 0 Å². The molecule has 1 heterocycles. The molecule has 2 aromatic carbocycles. The third kappa shape index (κ3) is 7.70. The van der Waals surface area contributed by atoms with Crippen LogP contribution in [0.5, 0.6) is 0 Å². The molecule has 0 amide bonds. The van der Waals surface area contributed by atoms with Gasteiger partial charge in [0.1, 0.15) is 12.4 Å². The minimum atomic E-state index is 0. The number of hydrogen-bond acceptors (Lipinski definition) is 2. The molecule has 3 aromatic rings. The third-order valence-corrected chi connectivity index (χ3v) is 4.55. The first-order chi connectivity index (χ1) is 13.7. The van der Waals surface area contributed by atoms with Gasteiger partial charge >= 0.3 is 0 Å². The van der Waals surface area contributed by atoms with Crippen LogP contribution in [0.2, 0.25) is 5.02 Å². The molecule has 2 N–H and O–H groups in total. The van der Waals surface area contributed by atoms with E-state index in [-0.39, 0.29) is 24.0 Å². The summed E-state index contributed by atoms with van der Waals surface area (Å²) < 4.78 is 2.13. The average Bonchev–Trinajstić information content (AvgIpc) is 3.14. The summed E-state index contributed by atoms with van der Waals surface area (Å²) in [6, 6.07) is 18.3. The summed E-state index contributed by atoms with van der Waals surface area (Å²) in [4.78, 5) is 9.16. The molecule has 154 valence electrons. The number of guanidine groups is 1. The highest BCUT2D eigenvalue weighted by atomic mass is 127. The maximum atomic E-state index is 6.05. The van der Waals surface area contributed by atoms with Gasteiger partial charge in [0.2, 0.25) is 0 Å². The van der Waals surface area contributed by atoms with Gasteiger partial charge in [0.25, 0.3) is 0 Å². The maximum Gasteiger partial charge on any atom is 0.191 e. The van der Waals surface area contributed by atoms with Gasteiger partial charge in [-0.25, -0.2) is 9.98 Å². The molecule has 1 aromatic heterocycles. The van der Waals surface area contributed by atoms with Crippen LogP contribution in [0, 0.1) is 0 Å². The van der Waals surface area contributed by atoms with Crippen molar-refractivity contribution in [2.45, 2.75) is 26.4 Å². The largest absolute Gasteiger partial charge is 0.357 e. The van der Waals surface area contributed by atoms with E-state index in [1.807, 2.05) is 36.7 Å². The van der Waals surface area contributed by atoms with Crippen molar-refractivity contribution in [2.75, 3.05) is 13.1 Å². The lowest BCUT2D eigenvalue weighted by Gasteiger charge is -2.12. The van der Waals surface area contributed by atoms with Crippen LogP contribution < -0.4 is 10.6 Å². The number of rotatable bonds is 8. The Labute approximate surface area is 194 Å². The highest BCUT2D eigenvalue weighted by Crippen LogP contribution is 2.10. The molecule has 0 aliphatic rings. The van der Waals surface area contributed by atoms with Gasteiger partial charge in [0, 0.05) is 37.1 Å². The Kier molecular flexibility index (Phi) is 10.0. The molecule has 7 heteroatoms. The molecule has 0 atom stereocenters. The standard InChI is InChI=1S/C22H26ClN5.HI/c1-2-24-22(26-12-11-18-9-6-10-20(23)15-18)27-16-21-25-13-14-28(21)17-19-7-4-3-5-8-19;/h3-10,13-15H,2,11-12,16-17H2,1H3,(H2,24,26,27);1H. The van der Waals surface area contributed by atoms with Crippen LogP contribution in [0.1, 0.15) is 23.9 Å². The Morgan fingerprint density at radius 2 is 1.86 bits per heavy atom. The SMILES string of the molecule is CCNC(=NCc1nccn1Cc1ccccc1)NCCc1cccc(Cl)c1.I. The Morgan fingerprint density at radius 1 is 1.07 bits per heavy atom. The molecule has 5 nitrogen and oxygen atoms in total. The zero-order valence-electron chi connectivity index (χ0n) is 16.5. The van der Waals surface area contributed by atoms with E-state index in [1.54, 1.807) is 0 Å². The Morgan fingerprint density at radius 3 is 2.62 bits per heavy atom. The van der Waals surface area contributed by atoms with Crippen LogP contribution in [0.3, 0.4) is 0 Å². The second-order valence-electron chi connectivity index (χ2n) is 6.46. The van der Waals surface area contributed by atoms with Crippen LogP contribution in [-0.2, 0) is 19.5 Å². The second-order valence-corrected chi connectivity index (χ2v) is 6.90. The van der Waals surface area contributed by atoms with Crippen molar-refractivity contribution in [3.63, 3.8) is 0 Å². The maximum absolute atomic E-state index is 6.05. The molecular weight excluding hydrogens is 497 g/mol. The normalized spacial score (nSPS) is 11.0. The molecule has 0 spiro atoms. The van der Waals surface area contributed by atoms with Crippen LogP contribution in [0.25, 0.3) is 0 Å². The summed E-state index contributed by atoms with van der Waals surface area (Å²) in [6.45, 7) is 4.97. The van der Waals surface area contributed by atoms with Crippen LogP contribution >= 0.6 is 35.6 Å². The van der Waals surface area contributed by atoms with Crippen molar-refractivity contribution in [3.05, 3.63) is 89.0 Å². The topological polar surface area (TPSA) is 54.2 Å². The Hall–Kier alpha value is -2.06. The van der Waals surface area contributed by atoms with Crippen molar-refractivity contribution in [3.8, 4) is 0 Å². The summed E-state index contributed by atoms with van der Waals surface area (Å²) >= 11 is 6.05. The van der Waals surface area contributed by atoms with Crippen molar-refractivity contribution < 1.29 is 0 Å². The van der Waals surface area contributed by atoms with Crippen molar-refractivity contribution in [2.24, 2.45) is 4.99 Å². The first kappa shape index (κ1) is 23.2. The molecule has 29 heavy (non-hydrogen) atoms. The number of aromatic nitrogens is 2. The van der Waals surface area contributed by atoms with Gasteiger partial charge in [0.15, 0.2) is 5.96 Å². The van der Waals surface area contributed by atoms with Crippen molar-refractivity contribution in [1.29, 1.82) is 0 Å². The number of imidazole rings is 1. The van der Waals surface area contributed by atoms with Gasteiger partial charge in [-0.15, -0.1) is 24.0 Å². The quantitative estimate of drug-likeness (QED) is 0.260. The van der Waals surface area contributed by atoms with E-state index in [1.165, 1.54) is 11.1 Å². The van der Waals surface area contributed by atoms with E-state index >= 15 is 0 Å². The zero-order chi connectivity index (χ0) is 19.6. The average molecular weight is 524 g/mol. The van der Waals surface area contributed by atoms with E-state index in [9.17, 15) is 0 Å². The van der Waals surface area contributed by atoms with Gasteiger partial charge < -0.3 is 15.2 Å². The number of nitrogens with one attached hydrogen (secondary N) is 2. The molecule has 0 aliphatic carbocycles. The van der Waals surface area contributed by atoms with Gasteiger partial charge in [-0.2, -0.15) is 0 Å². The number of benzene rings is 2. The van der Waals surface area contributed by atoms with Gasteiger partial charge in [-0.3, -0.25) is 0 Å². The Bertz CT molecular complexity index is 895. The number of aliphatic imine (C=N–C) groups is 1. The minimum absolute atomic E-state index is 0. The van der Waals surface area contributed by atoms with E-state index in [2.05, 4.69) is 57.4 Å².